The van der Waals surface area contributed by atoms with Crippen LogP contribution in [0, 0.1) is 24.0 Å². The predicted octanol–water partition coefficient (Wildman–Crippen LogP) is 2.87. The molecule has 0 radical (unpaired) electrons. The van der Waals surface area contributed by atoms with Crippen LogP contribution in [0.3, 0.4) is 0 Å². The summed E-state index contributed by atoms with van der Waals surface area (Å²) in [7, 11) is 0. The van der Waals surface area contributed by atoms with E-state index in [1.54, 1.807) is 50.2 Å². The first kappa shape index (κ1) is 22.3. The quantitative estimate of drug-likeness (QED) is 0.312. The minimum Gasteiger partial charge on any atom is -0.451 e. The van der Waals surface area contributed by atoms with Crippen molar-refractivity contribution < 1.29 is 24.0 Å². The van der Waals surface area contributed by atoms with E-state index >= 15 is 0 Å². The predicted molar refractivity (Wildman–Crippen MR) is 110 cm³/mol. The SMILES string of the molecule is CC(=O)N/C(=C\c1ccccc1)C(=O)OCC(=O)Nc1c([N+](=O)[O-])ccc(C)c1C. The van der Waals surface area contributed by atoms with Crippen molar-refractivity contribution in [2.24, 2.45) is 0 Å². The molecule has 0 aliphatic carbocycles. The average molecular weight is 411 g/mol. The number of benzene rings is 2. The summed E-state index contributed by atoms with van der Waals surface area (Å²) < 4.78 is 4.98. The molecule has 0 atom stereocenters. The highest BCUT2D eigenvalue weighted by Gasteiger charge is 2.21. The first-order valence-corrected chi connectivity index (χ1v) is 8.95. The molecule has 9 nitrogen and oxygen atoms in total. The monoisotopic (exact) mass is 411 g/mol. The molecule has 0 aromatic heterocycles. The highest BCUT2D eigenvalue weighted by Crippen LogP contribution is 2.30. The lowest BCUT2D eigenvalue weighted by atomic mass is 10.1. The molecule has 0 fully saturated rings. The van der Waals surface area contributed by atoms with Gasteiger partial charge in [0, 0.05) is 13.0 Å². The number of carbonyl (C=O) groups excluding carboxylic acids is 3. The number of anilines is 1. The summed E-state index contributed by atoms with van der Waals surface area (Å²) in [4.78, 5) is 46.6. The van der Waals surface area contributed by atoms with Gasteiger partial charge in [0.15, 0.2) is 6.61 Å². The average Bonchev–Trinajstić information content (AvgIpc) is 2.69. The number of hydrogen-bond donors (Lipinski definition) is 2. The van der Waals surface area contributed by atoms with E-state index in [0.717, 1.165) is 5.56 Å². The maximum atomic E-state index is 12.3. The summed E-state index contributed by atoms with van der Waals surface area (Å²) in [5.74, 6) is -2.15. The largest absolute Gasteiger partial charge is 0.451 e. The van der Waals surface area contributed by atoms with E-state index in [0.29, 0.717) is 11.1 Å². The highest BCUT2D eigenvalue weighted by atomic mass is 16.6. The van der Waals surface area contributed by atoms with Crippen LogP contribution in [0.1, 0.15) is 23.6 Å². The molecular weight excluding hydrogens is 390 g/mol. The van der Waals surface area contributed by atoms with Gasteiger partial charge in [-0.2, -0.15) is 0 Å². The molecule has 0 unspecified atom stereocenters. The number of nitro benzene ring substituents is 1. The van der Waals surface area contributed by atoms with Crippen LogP contribution in [0.2, 0.25) is 0 Å². The lowest BCUT2D eigenvalue weighted by molar-refractivity contribution is -0.384. The Morgan fingerprint density at radius 3 is 2.37 bits per heavy atom. The second-order valence-corrected chi connectivity index (χ2v) is 6.43. The second kappa shape index (κ2) is 9.97. The van der Waals surface area contributed by atoms with Gasteiger partial charge in [0.2, 0.25) is 5.91 Å². The smallest absolute Gasteiger partial charge is 0.355 e. The first-order valence-electron chi connectivity index (χ1n) is 8.95. The van der Waals surface area contributed by atoms with E-state index in [1.807, 2.05) is 0 Å². The van der Waals surface area contributed by atoms with Gasteiger partial charge in [0.05, 0.1) is 4.92 Å². The zero-order chi connectivity index (χ0) is 22.3. The lowest BCUT2D eigenvalue weighted by Crippen LogP contribution is -2.29. The van der Waals surface area contributed by atoms with Gasteiger partial charge in [-0.05, 0) is 36.6 Å². The zero-order valence-corrected chi connectivity index (χ0v) is 16.7. The summed E-state index contributed by atoms with van der Waals surface area (Å²) in [5, 5.41) is 16.0. The highest BCUT2D eigenvalue weighted by molar-refractivity contribution is 6.00. The van der Waals surface area contributed by atoms with E-state index in [4.69, 9.17) is 4.74 Å². The molecule has 0 heterocycles. The van der Waals surface area contributed by atoms with Crippen molar-refractivity contribution in [3.63, 3.8) is 0 Å². The van der Waals surface area contributed by atoms with Gasteiger partial charge in [0.25, 0.3) is 11.6 Å². The summed E-state index contributed by atoms with van der Waals surface area (Å²) in [6.45, 7) is 3.94. The molecule has 2 rings (SSSR count). The summed E-state index contributed by atoms with van der Waals surface area (Å²) in [6.07, 6.45) is 1.41. The van der Waals surface area contributed by atoms with Crippen LogP contribution < -0.4 is 10.6 Å². The standard InChI is InChI=1S/C21H21N3O6/c1-13-9-10-18(24(28)29)20(14(13)2)23-19(26)12-30-21(27)17(22-15(3)25)11-16-7-5-4-6-8-16/h4-11H,12H2,1-3H3,(H,22,25)(H,23,26)/b17-11-. The third-order valence-electron chi connectivity index (χ3n) is 4.15. The fourth-order valence-corrected chi connectivity index (χ4v) is 2.55. The van der Waals surface area contributed by atoms with E-state index in [2.05, 4.69) is 10.6 Å². The first-order chi connectivity index (χ1) is 14.2. The summed E-state index contributed by atoms with van der Waals surface area (Å²) in [5.41, 5.74) is 1.58. The Hall–Kier alpha value is -4.01. The van der Waals surface area contributed by atoms with E-state index < -0.39 is 29.3 Å². The molecule has 0 bridgehead atoms. The molecule has 30 heavy (non-hydrogen) atoms. The van der Waals surface area contributed by atoms with Crippen LogP contribution >= 0.6 is 0 Å². The van der Waals surface area contributed by atoms with Crippen LogP contribution in [-0.2, 0) is 19.1 Å². The van der Waals surface area contributed by atoms with Gasteiger partial charge in [-0.1, -0.05) is 36.4 Å². The molecule has 2 amide bonds. The van der Waals surface area contributed by atoms with Crippen LogP contribution in [0.4, 0.5) is 11.4 Å². The van der Waals surface area contributed by atoms with Crippen molar-refractivity contribution in [2.45, 2.75) is 20.8 Å². The molecule has 156 valence electrons. The Morgan fingerprint density at radius 2 is 1.77 bits per heavy atom. The fourth-order valence-electron chi connectivity index (χ4n) is 2.55. The summed E-state index contributed by atoms with van der Waals surface area (Å²) in [6, 6.07) is 11.6. The van der Waals surface area contributed by atoms with Crippen LogP contribution in [0.15, 0.2) is 48.2 Å². The fraction of sp³-hybridized carbons (Fsp3) is 0.190. The molecule has 2 aromatic carbocycles. The second-order valence-electron chi connectivity index (χ2n) is 6.43. The van der Waals surface area contributed by atoms with Crippen molar-refractivity contribution in [1.29, 1.82) is 0 Å². The third-order valence-corrected chi connectivity index (χ3v) is 4.15. The number of ether oxygens (including phenoxy) is 1. The lowest BCUT2D eigenvalue weighted by Gasteiger charge is -2.12. The van der Waals surface area contributed by atoms with E-state index in [1.165, 1.54) is 19.1 Å². The maximum absolute atomic E-state index is 12.3. The number of rotatable bonds is 7. The molecule has 0 aliphatic rings. The van der Waals surface area contributed by atoms with Crippen LogP contribution in [-0.4, -0.2) is 29.3 Å². The number of carbonyl (C=O) groups is 3. The number of aryl methyl sites for hydroxylation is 1. The number of amides is 2. The number of nitro groups is 1. The van der Waals surface area contributed by atoms with Gasteiger partial charge in [-0.3, -0.25) is 19.7 Å². The van der Waals surface area contributed by atoms with Gasteiger partial charge in [-0.25, -0.2) is 4.79 Å². The van der Waals surface area contributed by atoms with Gasteiger partial charge >= 0.3 is 5.97 Å². The van der Waals surface area contributed by atoms with E-state index in [9.17, 15) is 24.5 Å². The molecule has 9 heteroatoms. The topological polar surface area (TPSA) is 128 Å². The third kappa shape index (κ3) is 5.99. The van der Waals surface area contributed by atoms with Crippen molar-refractivity contribution in [3.8, 4) is 0 Å². The number of esters is 1. The summed E-state index contributed by atoms with van der Waals surface area (Å²) >= 11 is 0. The number of hydrogen-bond acceptors (Lipinski definition) is 6. The molecule has 0 saturated carbocycles. The minimum atomic E-state index is -0.917. The molecule has 0 spiro atoms. The van der Waals surface area contributed by atoms with Crippen molar-refractivity contribution in [1.82, 2.24) is 5.32 Å². The van der Waals surface area contributed by atoms with E-state index in [-0.39, 0.29) is 17.1 Å². The number of nitrogens with one attached hydrogen (secondary N) is 2. The maximum Gasteiger partial charge on any atom is 0.355 e. The Labute approximate surface area is 172 Å². The van der Waals surface area contributed by atoms with Crippen LogP contribution in [0.25, 0.3) is 6.08 Å². The van der Waals surface area contributed by atoms with Gasteiger partial charge in [0.1, 0.15) is 11.4 Å². The Kier molecular flexibility index (Phi) is 7.40. The molecule has 2 N–H and O–H groups in total. The molecule has 0 aliphatic heterocycles. The van der Waals surface area contributed by atoms with Gasteiger partial charge in [-0.15, -0.1) is 0 Å². The normalized spacial score (nSPS) is 10.8. The molecular formula is C21H21N3O6. The number of nitrogens with zero attached hydrogens (tertiary/aromatic N) is 1. The molecule has 0 saturated heterocycles. The Morgan fingerprint density at radius 1 is 1.10 bits per heavy atom. The Bertz CT molecular complexity index is 1010. The molecule has 2 aromatic rings. The van der Waals surface area contributed by atoms with Crippen molar-refractivity contribution >= 4 is 35.2 Å². The Balaban J connectivity index is 2.12. The zero-order valence-electron chi connectivity index (χ0n) is 16.7. The van der Waals surface area contributed by atoms with Crippen LogP contribution in [0.5, 0.6) is 0 Å². The van der Waals surface area contributed by atoms with Gasteiger partial charge < -0.3 is 15.4 Å². The minimum absolute atomic E-state index is 0.0444. The van der Waals surface area contributed by atoms with Crippen molar-refractivity contribution in [2.75, 3.05) is 11.9 Å². The van der Waals surface area contributed by atoms with Crippen molar-refractivity contribution in [3.05, 3.63) is 75.0 Å².